The van der Waals surface area contributed by atoms with E-state index in [0.717, 1.165) is 29.4 Å². The van der Waals surface area contributed by atoms with E-state index in [0.29, 0.717) is 5.82 Å². The Morgan fingerprint density at radius 3 is 3.11 bits per heavy atom. The zero-order chi connectivity index (χ0) is 13.2. The molecule has 98 valence electrons. The third-order valence-corrected chi connectivity index (χ3v) is 3.86. The van der Waals surface area contributed by atoms with Crippen molar-refractivity contribution in [3.63, 3.8) is 0 Å². The second-order valence-electron chi connectivity index (χ2n) is 4.55. The van der Waals surface area contributed by atoms with Crippen LogP contribution >= 0.6 is 15.9 Å². The second-order valence-corrected chi connectivity index (χ2v) is 5.46. The number of aromatic amines is 1. The van der Waals surface area contributed by atoms with Gasteiger partial charge < -0.3 is 4.90 Å². The van der Waals surface area contributed by atoms with Gasteiger partial charge in [0.2, 0.25) is 5.82 Å². The Labute approximate surface area is 119 Å². The first-order valence-electron chi connectivity index (χ1n) is 6.17. The standard InChI is InChI=1S/C13H13BrN4O/c14-10-4-1-3-9(7-10)11-5-2-6-18(11)13(19)12-15-8-16-17-12/h1,3-4,7-8,11H,2,5-6H2,(H,15,16,17). The lowest BCUT2D eigenvalue weighted by Crippen LogP contribution is -2.31. The monoisotopic (exact) mass is 320 g/mol. The molecule has 1 unspecified atom stereocenters. The van der Waals surface area contributed by atoms with Gasteiger partial charge in [-0.25, -0.2) is 4.98 Å². The van der Waals surface area contributed by atoms with Gasteiger partial charge in [-0.2, -0.15) is 5.10 Å². The summed E-state index contributed by atoms with van der Waals surface area (Å²) >= 11 is 3.47. The van der Waals surface area contributed by atoms with Crippen molar-refractivity contribution < 1.29 is 4.79 Å². The number of H-pyrrole nitrogens is 1. The number of hydrogen-bond acceptors (Lipinski definition) is 3. The molecule has 1 aromatic carbocycles. The normalized spacial score (nSPS) is 18.8. The lowest BCUT2D eigenvalue weighted by molar-refractivity contribution is 0.0723. The van der Waals surface area contributed by atoms with Gasteiger partial charge in [0.25, 0.3) is 5.91 Å². The van der Waals surface area contributed by atoms with Crippen molar-refractivity contribution in [1.82, 2.24) is 20.1 Å². The van der Waals surface area contributed by atoms with Gasteiger partial charge >= 0.3 is 0 Å². The maximum atomic E-state index is 12.4. The number of nitrogens with one attached hydrogen (secondary N) is 1. The van der Waals surface area contributed by atoms with Gasteiger partial charge in [-0.3, -0.25) is 9.89 Å². The zero-order valence-corrected chi connectivity index (χ0v) is 11.8. The molecule has 1 saturated heterocycles. The molecule has 1 aliphatic rings. The first-order valence-corrected chi connectivity index (χ1v) is 6.97. The molecule has 1 atom stereocenters. The molecular formula is C13H13BrN4O. The summed E-state index contributed by atoms with van der Waals surface area (Å²) in [5, 5.41) is 6.37. The van der Waals surface area contributed by atoms with Crippen LogP contribution in [0.4, 0.5) is 0 Å². The summed E-state index contributed by atoms with van der Waals surface area (Å²) in [7, 11) is 0. The van der Waals surface area contributed by atoms with Crippen LogP contribution in [0.3, 0.4) is 0 Å². The fourth-order valence-electron chi connectivity index (χ4n) is 2.51. The molecule has 1 amide bonds. The van der Waals surface area contributed by atoms with Crippen molar-refractivity contribution in [1.29, 1.82) is 0 Å². The van der Waals surface area contributed by atoms with E-state index >= 15 is 0 Å². The van der Waals surface area contributed by atoms with Crippen LogP contribution in [-0.2, 0) is 0 Å². The van der Waals surface area contributed by atoms with E-state index < -0.39 is 0 Å². The molecule has 1 aliphatic heterocycles. The van der Waals surface area contributed by atoms with Crippen molar-refractivity contribution in [3.8, 4) is 0 Å². The Kier molecular flexibility index (Phi) is 3.33. The van der Waals surface area contributed by atoms with Gasteiger partial charge in [0, 0.05) is 11.0 Å². The minimum Gasteiger partial charge on any atom is -0.329 e. The quantitative estimate of drug-likeness (QED) is 0.925. The van der Waals surface area contributed by atoms with Crippen molar-refractivity contribution in [2.24, 2.45) is 0 Å². The molecule has 0 radical (unpaired) electrons. The zero-order valence-electron chi connectivity index (χ0n) is 10.2. The maximum Gasteiger partial charge on any atom is 0.291 e. The molecule has 19 heavy (non-hydrogen) atoms. The molecule has 1 N–H and O–H groups in total. The number of benzene rings is 1. The predicted molar refractivity (Wildman–Crippen MR) is 73.5 cm³/mol. The molecule has 0 saturated carbocycles. The summed E-state index contributed by atoms with van der Waals surface area (Å²) in [6.07, 6.45) is 3.35. The van der Waals surface area contributed by atoms with Crippen molar-refractivity contribution in [3.05, 3.63) is 46.5 Å². The molecule has 1 aromatic heterocycles. The minimum absolute atomic E-state index is 0.0834. The number of aromatic nitrogens is 3. The first-order chi connectivity index (χ1) is 9.25. The third kappa shape index (κ3) is 2.40. The average molecular weight is 321 g/mol. The lowest BCUT2D eigenvalue weighted by atomic mass is 10.0. The van der Waals surface area contributed by atoms with Crippen LogP contribution in [0, 0.1) is 0 Å². The average Bonchev–Trinajstić information content (AvgIpc) is 3.09. The van der Waals surface area contributed by atoms with Gasteiger partial charge in [0.05, 0.1) is 6.04 Å². The topological polar surface area (TPSA) is 61.9 Å². The number of likely N-dealkylation sites (tertiary alicyclic amines) is 1. The number of amides is 1. The van der Waals surface area contributed by atoms with Gasteiger partial charge in [-0.15, -0.1) is 0 Å². The molecule has 0 spiro atoms. The number of carbonyl (C=O) groups is 1. The highest BCUT2D eigenvalue weighted by atomic mass is 79.9. The highest BCUT2D eigenvalue weighted by Gasteiger charge is 2.31. The van der Waals surface area contributed by atoms with E-state index in [9.17, 15) is 4.79 Å². The van der Waals surface area contributed by atoms with Gasteiger partial charge in [-0.1, -0.05) is 28.1 Å². The molecule has 5 nitrogen and oxygen atoms in total. The first kappa shape index (κ1) is 12.3. The number of hydrogen-bond donors (Lipinski definition) is 1. The number of rotatable bonds is 2. The minimum atomic E-state index is -0.0834. The Bertz CT molecular complexity index is 584. The van der Waals surface area contributed by atoms with Crippen LogP contribution in [0.2, 0.25) is 0 Å². The van der Waals surface area contributed by atoms with Crippen LogP contribution in [0.5, 0.6) is 0 Å². The summed E-state index contributed by atoms with van der Waals surface area (Å²) in [4.78, 5) is 18.2. The number of halogens is 1. The highest BCUT2D eigenvalue weighted by Crippen LogP contribution is 2.33. The van der Waals surface area contributed by atoms with Crippen LogP contribution in [0.1, 0.15) is 35.1 Å². The van der Waals surface area contributed by atoms with E-state index in [1.54, 1.807) is 0 Å². The predicted octanol–water partition coefficient (Wildman–Crippen LogP) is 2.54. The molecule has 6 heteroatoms. The van der Waals surface area contributed by atoms with E-state index in [2.05, 4.69) is 43.2 Å². The SMILES string of the molecule is O=C(c1ncn[nH]1)N1CCCC1c1cccc(Br)c1. The van der Waals surface area contributed by atoms with E-state index in [1.807, 2.05) is 17.0 Å². The smallest absolute Gasteiger partial charge is 0.291 e. The van der Waals surface area contributed by atoms with Crippen LogP contribution < -0.4 is 0 Å². The van der Waals surface area contributed by atoms with E-state index in [1.165, 1.54) is 6.33 Å². The Hall–Kier alpha value is -1.69. The third-order valence-electron chi connectivity index (χ3n) is 3.36. The van der Waals surface area contributed by atoms with E-state index in [-0.39, 0.29) is 11.9 Å². The summed E-state index contributed by atoms with van der Waals surface area (Å²) in [6, 6.07) is 8.23. The summed E-state index contributed by atoms with van der Waals surface area (Å²) < 4.78 is 1.03. The fraction of sp³-hybridized carbons (Fsp3) is 0.308. The lowest BCUT2D eigenvalue weighted by Gasteiger charge is -2.24. The molecule has 1 fully saturated rings. The van der Waals surface area contributed by atoms with E-state index in [4.69, 9.17) is 0 Å². The largest absolute Gasteiger partial charge is 0.329 e. The molecule has 2 aromatic rings. The van der Waals surface area contributed by atoms with Gasteiger partial charge in [-0.05, 0) is 30.5 Å². The molecule has 0 bridgehead atoms. The van der Waals surface area contributed by atoms with Crippen molar-refractivity contribution in [2.75, 3.05) is 6.54 Å². The summed E-state index contributed by atoms with van der Waals surface area (Å²) in [5.41, 5.74) is 1.15. The Morgan fingerprint density at radius 2 is 2.37 bits per heavy atom. The van der Waals surface area contributed by atoms with Crippen LogP contribution in [0.25, 0.3) is 0 Å². The second kappa shape index (κ2) is 5.13. The number of carbonyl (C=O) groups excluding carboxylic acids is 1. The van der Waals surface area contributed by atoms with Crippen molar-refractivity contribution >= 4 is 21.8 Å². The molecule has 0 aliphatic carbocycles. The molecule has 3 rings (SSSR count). The Balaban J connectivity index is 1.88. The summed E-state index contributed by atoms with van der Waals surface area (Å²) in [5.74, 6) is 0.224. The van der Waals surface area contributed by atoms with Crippen molar-refractivity contribution in [2.45, 2.75) is 18.9 Å². The van der Waals surface area contributed by atoms with Gasteiger partial charge in [0.15, 0.2) is 0 Å². The Morgan fingerprint density at radius 1 is 1.47 bits per heavy atom. The molecular weight excluding hydrogens is 308 g/mol. The summed E-state index contributed by atoms with van der Waals surface area (Å²) in [6.45, 7) is 0.761. The highest BCUT2D eigenvalue weighted by molar-refractivity contribution is 9.10. The molecule has 2 heterocycles. The number of nitrogens with zero attached hydrogens (tertiary/aromatic N) is 3. The maximum absolute atomic E-state index is 12.4. The fourth-order valence-corrected chi connectivity index (χ4v) is 2.93. The van der Waals surface area contributed by atoms with Gasteiger partial charge in [0.1, 0.15) is 6.33 Å². The van der Waals surface area contributed by atoms with Crippen LogP contribution in [0.15, 0.2) is 35.1 Å². The van der Waals surface area contributed by atoms with Crippen LogP contribution in [-0.4, -0.2) is 32.5 Å².